The van der Waals surface area contributed by atoms with Crippen LogP contribution in [0, 0.1) is 0 Å². The molecule has 0 saturated heterocycles. The molecule has 6 nitrogen and oxygen atoms in total. The zero-order valence-corrected chi connectivity index (χ0v) is 18.2. The van der Waals surface area contributed by atoms with Gasteiger partial charge in [-0.05, 0) is 36.6 Å². The largest absolute Gasteiger partial charge is 0.465 e. The Balaban J connectivity index is 1.62. The van der Waals surface area contributed by atoms with Crippen molar-refractivity contribution in [3.05, 3.63) is 77.2 Å². The van der Waals surface area contributed by atoms with Crippen LogP contribution in [0.15, 0.2) is 66.0 Å². The highest BCUT2D eigenvalue weighted by molar-refractivity contribution is 7.13. The molecule has 7 heteroatoms. The second-order valence-corrected chi connectivity index (χ2v) is 7.86. The number of aryl methyl sites for hydroxylation is 1. The summed E-state index contributed by atoms with van der Waals surface area (Å²) < 4.78 is 7.08. The van der Waals surface area contributed by atoms with Crippen LogP contribution in [-0.2, 0) is 17.8 Å². The molecule has 0 aliphatic heterocycles. The molecule has 2 heterocycles. The summed E-state index contributed by atoms with van der Waals surface area (Å²) in [5.41, 5.74) is 4.04. The molecule has 158 valence electrons. The van der Waals surface area contributed by atoms with Crippen LogP contribution in [0.5, 0.6) is 0 Å². The third kappa shape index (κ3) is 4.04. The molecule has 0 fully saturated rings. The second-order valence-electron chi connectivity index (χ2n) is 6.91. The van der Waals surface area contributed by atoms with E-state index in [9.17, 15) is 9.59 Å². The summed E-state index contributed by atoms with van der Waals surface area (Å²) in [6.45, 7) is 3.30. The van der Waals surface area contributed by atoms with Crippen molar-refractivity contribution in [2.24, 2.45) is 0 Å². The number of hydrogen-bond donors (Lipinski definition) is 2. The standard InChI is InChI=1S/C24H23N3O3S/c1-3-27-20-12-7-5-9-16(20)18(22(27)21-13-8-14-31-21)15-25-24(29)26-19-11-6-4-10-17(19)23(28)30-2/h4-14H,3,15H2,1-2H3,(H2,25,26,29). The predicted molar refractivity (Wildman–Crippen MR) is 125 cm³/mol. The predicted octanol–water partition coefficient (Wildman–Crippen LogP) is 5.50. The van der Waals surface area contributed by atoms with E-state index < -0.39 is 5.97 Å². The molecule has 4 aromatic rings. The van der Waals surface area contributed by atoms with Crippen LogP contribution in [0.25, 0.3) is 21.5 Å². The van der Waals surface area contributed by atoms with Crippen molar-refractivity contribution in [3.8, 4) is 10.6 Å². The molecule has 31 heavy (non-hydrogen) atoms. The lowest BCUT2D eigenvalue weighted by Crippen LogP contribution is -2.29. The number of aromatic nitrogens is 1. The number of methoxy groups -OCH3 is 1. The molecule has 2 amide bonds. The minimum Gasteiger partial charge on any atom is -0.465 e. The van der Waals surface area contributed by atoms with Gasteiger partial charge in [0.2, 0.25) is 0 Å². The van der Waals surface area contributed by atoms with Crippen LogP contribution in [0.2, 0.25) is 0 Å². The van der Waals surface area contributed by atoms with Crippen molar-refractivity contribution in [2.75, 3.05) is 12.4 Å². The van der Waals surface area contributed by atoms with Crippen LogP contribution in [-0.4, -0.2) is 23.7 Å². The van der Waals surface area contributed by atoms with Gasteiger partial charge in [0, 0.05) is 29.6 Å². The molecule has 4 rings (SSSR count). The maximum atomic E-state index is 12.7. The Morgan fingerprint density at radius 3 is 2.55 bits per heavy atom. The van der Waals surface area contributed by atoms with Gasteiger partial charge >= 0.3 is 12.0 Å². The number of nitrogens with zero attached hydrogens (tertiary/aromatic N) is 1. The summed E-state index contributed by atoms with van der Waals surface area (Å²) in [6.07, 6.45) is 0. The highest BCUT2D eigenvalue weighted by atomic mass is 32.1. The lowest BCUT2D eigenvalue weighted by atomic mass is 10.1. The third-order valence-electron chi connectivity index (χ3n) is 5.15. The molecule has 2 N–H and O–H groups in total. The van der Waals surface area contributed by atoms with Crippen LogP contribution in [0.4, 0.5) is 10.5 Å². The Labute approximate surface area is 184 Å². The normalized spacial score (nSPS) is 10.8. The number of urea groups is 1. The van der Waals surface area contributed by atoms with Crippen LogP contribution >= 0.6 is 11.3 Å². The first-order valence-electron chi connectivity index (χ1n) is 10.00. The number of esters is 1. The number of carbonyl (C=O) groups excluding carboxylic acids is 2. The fourth-order valence-electron chi connectivity index (χ4n) is 3.79. The van der Waals surface area contributed by atoms with Gasteiger partial charge in [-0.1, -0.05) is 36.4 Å². The zero-order chi connectivity index (χ0) is 21.8. The summed E-state index contributed by atoms with van der Waals surface area (Å²) >= 11 is 1.68. The van der Waals surface area contributed by atoms with Crippen molar-refractivity contribution in [1.29, 1.82) is 0 Å². The number of amides is 2. The molecule has 0 aliphatic rings. The van der Waals surface area contributed by atoms with Crippen molar-refractivity contribution < 1.29 is 14.3 Å². The highest BCUT2D eigenvalue weighted by Gasteiger charge is 2.19. The maximum Gasteiger partial charge on any atom is 0.339 e. The number of fused-ring (bicyclic) bond motifs is 1. The molecule has 0 spiro atoms. The van der Waals surface area contributed by atoms with E-state index >= 15 is 0 Å². The second kappa shape index (κ2) is 9.06. The number of para-hydroxylation sites is 2. The van der Waals surface area contributed by atoms with E-state index in [1.807, 2.05) is 18.2 Å². The van der Waals surface area contributed by atoms with Crippen molar-refractivity contribution >= 4 is 39.9 Å². The Morgan fingerprint density at radius 1 is 1.03 bits per heavy atom. The van der Waals surface area contributed by atoms with Crippen molar-refractivity contribution in [3.63, 3.8) is 0 Å². The lowest BCUT2D eigenvalue weighted by Gasteiger charge is -2.12. The fraction of sp³-hybridized carbons (Fsp3) is 0.167. The smallest absolute Gasteiger partial charge is 0.339 e. The van der Waals surface area contributed by atoms with Gasteiger partial charge in [-0.25, -0.2) is 9.59 Å². The topological polar surface area (TPSA) is 72.4 Å². The minimum absolute atomic E-state index is 0.307. The number of rotatable bonds is 6. The number of nitrogens with one attached hydrogen (secondary N) is 2. The van der Waals surface area contributed by atoms with E-state index in [1.54, 1.807) is 35.6 Å². The van der Waals surface area contributed by atoms with E-state index in [2.05, 4.69) is 45.7 Å². The molecule has 0 saturated carbocycles. The first kappa shape index (κ1) is 20.7. The number of hydrogen-bond acceptors (Lipinski definition) is 4. The first-order chi connectivity index (χ1) is 15.1. The van der Waals surface area contributed by atoms with Crippen molar-refractivity contribution in [1.82, 2.24) is 9.88 Å². The number of thiophene rings is 1. The first-order valence-corrected chi connectivity index (χ1v) is 10.9. The highest BCUT2D eigenvalue weighted by Crippen LogP contribution is 2.36. The average Bonchev–Trinajstić information content (AvgIpc) is 3.43. The van der Waals surface area contributed by atoms with E-state index in [1.165, 1.54) is 7.11 Å². The van der Waals surface area contributed by atoms with Gasteiger partial charge in [0.25, 0.3) is 0 Å². The van der Waals surface area contributed by atoms with Gasteiger partial charge in [0.05, 0.1) is 28.9 Å². The molecule has 2 aromatic heterocycles. The van der Waals surface area contributed by atoms with Gasteiger partial charge in [-0.2, -0.15) is 0 Å². The minimum atomic E-state index is -0.498. The fourth-order valence-corrected chi connectivity index (χ4v) is 4.60. The van der Waals surface area contributed by atoms with Crippen LogP contribution in [0.1, 0.15) is 22.8 Å². The summed E-state index contributed by atoms with van der Waals surface area (Å²) in [6, 6.07) is 18.7. The van der Waals surface area contributed by atoms with E-state index in [4.69, 9.17) is 4.74 Å². The van der Waals surface area contributed by atoms with Crippen molar-refractivity contribution in [2.45, 2.75) is 20.0 Å². The van der Waals surface area contributed by atoms with Gasteiger partial charge in [0.1, 0.15) is 0 Å². The van der Waals surface area contributed by atoms with Crippen LogP contribution in [0.3, 0.4) is 0 Å². The number of carbonyl (C=O) groups is 2. The number of anilines is 1. The lowest BCUT2D eigenvalue weighted by molar-refractivity contribution is 0.0602. The van der Waals surface area contributed by atoms with E-state index in [0.717, 1.165) is 33.6 Å². The average molecular weight is 434 g/mol. The molecule has 2 aromatic carbocycles. The summed E-state index contributed by atoms with van der Waals surface area (Å²) in [5, 5.41) is 8.89. The van der Waals surface area contributed by atoms with E-state index in [-0.39, 0.29) is 6.03 Å². The molecule has 0 unspecified atom stereocenters. The zero-order valence-electron chi connectivity index (χ0n) is 17.3. The Morgan fingerprint density at radius 2 is 1.81 bits per heavy atom. The molecule has 0 atom stereocenters. The number of ether oxygens (including phenoxy) is 1. The van der Waals surface area contributed by atoms with Gasteiger partial charge in [0.15, 0.2) is 0 Å². The maximum absolute atomic E-state index is 12.7. The quantitative estimate of drug-likeness (QED) is 0.395. The summed E-state index contributed by atoms with van der Waals surface area (Å²) in [7, 11) is 1.31. The molecular formula is C24H23N3O3S. The third-order valence-corrected chi connectivity index (χ3v) is 6.03. The Bertz CT molecular complexity index is 1230. The van der Waals surface area contributed by atoms with E-state index in [0.29, 0.717) is 17.8 Å². The molecule has 0 bridgehead atoms. The molecule has 0 aliphatic carbocycles. The van der Waals surface area contributed by atoms with Gasteiger partial charge in [-0.15, -0.1) is 11.3 Å². The SMILES string of the molecule is CCn1c(-c2cccs2)c(CNC(=O)Nc2ccccc2C(=O)OC)c2ccccc21. The molecule has 0 radical (unpaired) electrons. The molecular weight excluding hydrogens is 410 g/mol. The van der Waals surface area contributed by atoms with Crippen LogP contribution < -0.4 is 10.6 Å². The van der Waals surface area contributed by atoms with Gasteiger partial charge < -0.3 is 19.9 Å². The van der Waals surface area contributed by atoms with Gasteiger partial charge in [-0.3, -0.25) is 0 Å². The Kier molecular flexibility index (Phi) is 6.04. The summed E-state index contributed by atoms with van der Waals surface area (Å²) in [5.74, 6) is -0.498. The Hall–Kier alpha value is -3.58. The monoisotopic (exact) mass is 433 g/mol. The number of benzene rings is 2. The summed E-state index contributed by atoms with van der Waals surface area (Å²) in [4.78, 5) is 25.8.